The van der Waals surface area contributed by atoms with Crippen molar-refractivity contribution < 1.29 is 33.4 Å². The average molecular weight is 312 g/mol. The van der Waals surface area contributed by atoms with Crippen molar-refractivity contribution in [3.8, 4) is 0 Å². The van der Waals surface area contributed by atoms with Gasteiger partial charge in [-0.15, -0.1) is 0 Å². The zero-order valence-corrected chi connectivity index (χ0v) is 12.1. The molecule has 0 radical (unpaired) electrons. The van der Waals surface area contributed by atoms with Crippen molar-refractivity contribution in [3.63, 3.8) is 0 Å². The number of hydrogen-bond donors (Lipinski definition) is 1. The van der Waals surface area contributed by atoms with Crippen LogP contribution >= 0.6 is 0 Å². The maximum Gasteiger partial charge on any atom is 0.350 e. The summed E-state index contributed by atoms with van der Waals surface area (Å²) in [5.74, 6) is -1.89. The highest BCUT2D eigenvalue weighted by Gasteiger charge is 2.59. The fourth-order valence-electron chi connectivity index (χ4n) is 3.05. The SMILES string of the molecule is CC(=O)OC1C(=O)OC2C(C)C(N3CCC(=O)NC3=O)OC12. The van der Waals surface area contributed by atoms with E-state index >= 15 is 0 Å². The van der Waals surface area contributed by atoms with Crippen LogP contribution in [0.3, 0.4) is 0 Å². The van der Waals surface area contributed by atoms with Gasteiger partial charge in [0.05, 0.1) is 0 Å². The predicted molar refractivity (Wildman–Crippen MR) is 68.1 cm³/mol. The van der Waals surface area contributed by atoms with E-state index < -0.39 is 42.5 Å². The topological polar surface area (TPSA) is 111 Å². The minimum Gasteiger partial charge on any atom is -0.456 e. The van der Waals surface area contributed by atoms with Crippen molar-refractivity contribution in [2.24, 2.45) is 5.92 Å². The van der Waals surface area contributed by atoms with E-state index in [9.17, 15) is 19.2 Å². The van der Waals surface area contributed by atoms with Gasteiger partial charge in [-0.2, -0.15) is 0 Å². The number of carbonyl (C=O) groups excluding carboxylic acids is 4. The highest BCUT2D eigenvalue weighted by molar-refractivity contribution is 5.96. The van der Waals surface area contributed by atoms with Crippen molar-refractivity contribution in [2.75, 3.05) is 6.54 Å². The molecule has 3 heterocycles. The molecule has 1 N–H and O–H groups in total. The van der Waals surface area contributed by atoms with Crippen LogP contribution in [0.5, 0.6) is 0 Å². The van der Waals surface area contributed by atoms with E-state index in [2.05, 4.69) is 5.32 Å². The largest absolute Gasteiger partial charge is 0.456 e. The van der Waals surface area contributed by atoms with E-state index in [0.29, 0.717) is 0 Å². The number of fused-ring (bicyclic) bond motifs is 1. The lowest BCUT2D eigenvalue weighted by Crippen LogP contribution is -2.55. The molecule has 22 heavy (non-hydrogen) atoms. The number of carbonyl (C=O) groups is 4. The highest BCUT2D eigenvalue weighted by atomic mass is 16.7. The molecule has 0 bridgehead atoms. The number of hydrogen-bond acceptors (Lipinski definition) is 7. The van der Waals surface area contributed by atoms with E-state index in [1.165, 1.54) is 11.8 Å². The second kappa shape index (κ2) is 5.24. The van der Waals surface area contributed by atoms with E-state index in [-0.39, 0.29) is 24.8 Å². The van der Waals surface area contributed by atoms with Crippen molar-refractivity contribution in [2.45, 2.75) is 44.8 Å². The van der Waals surface area contributed by atoms with Gasteiger partial charge >= 0.3 is 18.0 Å². The molecule has 3 aliphatic heterocycles. The lowest BCUT2D eigenvalue weighted by atomic mass is 10.0. The van der Waals surface area contributed by atoms with E-state index in [4.69, 9.17) is 14.2 Å². The van der Waals surface area contributed by atoms with Crippen LogP contribution in [-0.4, -0.2) is 59.9 Å². The summed E-state index contributed by atoms with van der Waals surface area (Å²) in [6.45, 7) is 3.20. The number of urea groups is 1. The molecule has 3 amide bonds. The van der Waals surface area contributed by atoms with Crippen molar-refractivity contribution >= 4 is 23.9 Å². The Bertz CT molecular complexity index is 549. The lowest BCUT2D eigenvalue weighted by Gasteiger charge is -2.34. The predicted octanol–water partition coefficient (Wildman–Crippen LogP) is -0.854. The summed E-state index contributed by atoms with van der Waals surface area (Å²) in [6.07, 6.45) is -2.92. The third kappa shape index (κ3) is 2.31. The first-order valence-corrected chi connectivity index (χ1v) is 7.02. The third-order valence-electron chi connectivity index (χ3n) is 4.06. The molecule has 9 heteroatoms. The molecule has 120 valence electrons. The maximum atomic E-state index is 11.9. The fraction of sp³-hybridized carbons (Fsp3) is 0.692. The quantitative estimate of drug-likeness (QED) is 0.661. The molecule has 0 aromatic rings. The molecule has 0 saturated carbocycles. The maximum absolute atomic E-state index is 11.9. The number of nitrogens with zero attached hydrogens (tertiary/aromatic N) is 1. The number of amides is 3. The smallest absolute Gasteiger partial charge is 0.350 e. The summed E-state index contributed by atoms with van der Waals surface area (Å²) in [5.41, 5.74) is 0. The summed E-state index contributed by atoms with van der Waals surface area (Å²) < 4.78 is 15.9. The molecule has 3 saturated heterocycles. The molecular formula is C13H16N2O7. The van der Waals surface area contributed by atoms with Gasteiger partial charge in [0.1, 0.15) is 18.4 Å². The van der Waals surface area contributed by atoms with Gasteiger partial charge in [0.25, 0.3) is 0 Å². The Labute approximate surface area is 125 Å². The standard InChI is InChI=1S/C13H16N2O7/c1-5-8-9(10(12(18)22-8)20-6(2)16)21-11(5)15-4-3-7(17)14-13(15)19/h5,8-11H,3-4H2,1-2H3,(H,14,17,19). The first-order valence-electron chi connectivity index (χ1n) is 7.02. The molecule has 3 fully saturated rings. The normalized spacial score (nSPS) is 37.6. The monoisotopic (exact) mass is 312 g/mol. The fourth-order valence-corrected chi connectivity index (χ4v) is 3.05. The van der Waals surface area contributed by atoms with Gasteiger partial charge in [-0.1, -0.05) is 6.92 Å². The van der Waals surface area contributed by atoms with Crippen LogP contribution in [0.15, 0.2) is 0 Å². The summed E-state index contributed by atoms with van der Waals surface area (Å²) >= 11 is 0. The molecule has 5 unspecified atom stereocenters. The van der Waals surface area contributed by atoms with Crippen LogP contribution in [0.25, 0.3) is 0 Å². The van der Waals surface area contributed by atoms with Gasteiger partial charge in [0.2, 0.25) is 12.0 Å². The van der Waals surface area contributed by atoms with Gasteiger partial charge in [-0.25, -0.2) is 9.59 Å². The molecule has 0 spiro atoms. The molecule has 0 aromatic heterocycles. The second-order valence-corrected chi connectivity index (χ2v) is 5.58. The van der Waals surface area contributed by atoms with E-state index in [1.807, 2.05) is 0 Å². The van der Waals surface area contributed by atoms with Crippen LogP contribution in [0, 0.1) is 5.92 Å². The Morgan fingerprint density at radius 3 is 2.68 bits per heavy atom. The van der Waals surface area contributed by atoms with Crippen LogP contribution in [-0.2, 0) is 28.6 Å². The molecule has 3 aliphatic rings. The van der Waals surface area contributed by atoms with Gasteiger partial charge in [-0.3, -0.25) is 19.8 Å². The Balaban J connectivity index is 1.75. The van der Waals surface area contributed by atoms with Crippen LogP contribution in [0.4, 0.5) is 4.79 Å². The number of ether oxygens (including phenoxy) is 3. The number of imide groups is 1. The average Bonchev–Trinajstić information content (AvgIpc) is 2.89. The van der Waals surface area contributed by atoms with Crippen LogP contribution in [0.1, 0.15) is 20.3 Å². The molecule has 9 nitrogen and oxygen atoms in total. The second-order valence-electron chi connectivity index (χ2n) is 5.58. The number of nitrogens with one attached hydrogen (secondary N) is 1. The Kier molecular flexibility index (Phi) is 3.51. The highest BCUT2D eigenvalue weighted by Crippen LogP contribution is 2.39. The van der Waals surface area contributed by atoms with E-state index in [0.717, 1.165) is 0 Å². The molecule has 0 aliphatic carbocycles. The lowest BCUT2D eigenvalue weighted by molar-refractivity contribution is -0.168. The molecule has 3 rings (SSSR count). The minimum atomic E-state index is -1.12. The zero-order chi connectivity index (χ0) is 16.0. The first-order chi connectivity index (χ1) is 10.4. The molecule has 0 aromatic carbocycles. The summed E-state index contributed by atoms with van der Waals surface area (Å²) in [6, 6.07) is -0.538. The van der Waals surface area contributed by atoms with Crippen molar-refractivity contribution in [3.05, 3.63) is 0 Å². The van der Waals surface area contributed by atoms with Gasteiger partial charge in [0, 0.05) is 25.8 Å². The Morgan fingerprint density at radius 2 is 2.05 bits per heavy atom. The number of esters is 2. The molecule has 5 atom stereocenters. The Morgan fingerprint density at radius 1 is 1.32 bits per heavy atom. The zero-order valence-electron chi connectivity index (χ0n) is 12.1. The van der Waals surface area contributed by atoms with Crippen LogP contribution < -0.4 is 5.32 Å². The summed E-state index contributed by atoms with van der Waals surface area (Å²) in [5, 5.41) is 2.22. The van der Waals surface area contributed by atoms with Crippen LogP contribution in [0.2, 0.25) is 0 Å². The first kappa shape index (κ1) is 14.8. The summed E-state index contributed by atoms with van der Waals surface area (Å²) in [4.78, 5) is 47.3. The van der Waals surface area contributed by atoms with Gasteiger partial charge in [-0.05, 0) is 0 Å². The Hall–Kier alpha value is -2.16. The minimum absolute atomic E-state index is 0.181. The summed E-state index contributed by atoms with van der Waals surface area (Å²) in [7, 11) is 0. The van der Waals surface area contributed by atoms with E-state index in [1.54, 1.807) is 6.92 Å². The van der Waals surface area contributed by atoms with Gasteiger partial charge in [0.15, 0.2) is 0 Å². The number of rotatable bonds is 2. The van der Waals surface area contributed by atoms with Crippen molar-refractivity contribution in [1.29, 1.82) is 0 Å². The third-order valence-corrected chi connectivity index (χ3v) is 4.06. The molecular weight excluding hydrogens is 296 g/mol. The van der Waals surface area contributed by atoms with Crippen molar-refractivity contribution in [1.82, 2.24) is 10.2 Å². The van der Waals surface area contributed by atoms with Gasteiger partial charge < -0.3 is 14.2 Å².